The number of benzene rings is 1. The SMILES string of the molecule is COc1cc(C(C)C)ccc1C(=O)N1CCN(c2ncccn2)CC1. The zero-order valence-corrected chi connectivity index (χ0v) is 15.0. The van der Waals surface area contributed by atoms with Gasteiger partial charge in [0.2, 0.25) is 5.95 Å². The maximum atomic E-state index is 12.9. The molecule has 0 aliphatic carbocycles. The van der Waals surface area contributed by atoms with E-state index >= 15 is 0 Å². The fourth-order valence-corrected chi connectivity index (χ4v) is 2.98. The van der Waals surface area contributed by atoms with Gasteiger partial charge in [0.05, 0.1) is 12.7 Å². The number of ether oxygens (including phenoxy) is 1. The number of anilines is 1. The lowest BCUT2D eigenvalue weighted by atomic mass is 10.0. The summed E-state index contributed by atoms with van der Waals surface area (Å²) in [4.78, 5) is 25.4. The number of hydrogen-bond acceptors (Lipinski definition) is 5. The van der Waals surface area contributed by atoms with Crippen LogP contribution in [0.1, 0.15) is 35.7 Å². The molecule has 6 heteroatoms. The molecule has 0 saturated carbocycles. The summed E-state index contributed by atoms with van der Waals surface area (Å²) in [5, 5.41) is 0. The molecule has 0 atom stereocenters. The van der Waals surface area contributed by atoms with Crippen molar-refractivity contribution in [3.05, 3.63) is 47.8 Å². The second kappa shape index (κ2) is 7.51. The van der Waals surface area contributed by atoms with Crippen LogP contribution in [0.2, 0.25) is 0 Å². The van der Waals surface area contributed by atoms with Crippen LogP contribution in [0.4, 0.5) is 5.95 Å². The first-order valence-electron chi connectivity index (χ1n) is 8.59. The minimum Gasteiger partial charge on any atom is -0.496 e. The lowest BCUT2D eigenvalue weighted by molar-refractivity contribution is 0.0743. The Morgan fingerprint density at radius 1 is 1.12 bits per heavy atom. The van der Waals surface area contributed by atoms with Gasteiger partial charge in [-0.15, -0.1) is 0 Å². The van der Waals surface area contributed by atoms with Crippen molar-refractivity contribution in [2.45, 2.75) is 19.8 Å². The van der Waals surface area contributed by atoms with Crippen LogP contribution in [-0.4, -0.2) is 54.1 Å². The second-order valence-electron chi connectivity index (χ2n) is 6.44. The molecule has 25 heavy (non-hydrogen) atoms. The summed E-state index contributed by atoms with van der Waals surface area (Å²) in [6, 6.07) is 7.65. The highest BCUT2D eigenvalue weighted by atomic mass is 16.5. The molecule has 0 N–H and O–H groups in total. The van der Waals surface area contributed by atoms with Gasteiger partial charge in [0.1, 0.15) is 5.75 Å². The standard InChI is InChI=1S/C19H24N4O2/c1-14(2)15-5-6-16(17(13-15)25-3)18(24)22-9-11-23(12-10-22)19-20-7-4-8-21-19/h4-8,13-14H,9-12H2,1-3H3. The normalized spacial score (nSPS) is 14.7. The van der Waals surface area contributed by atoms with E-state index in [1.807, 2.05) is 23.1 Å². The molecule has 0 radical (unpaired) electrons. The van der Waals surface area contributed by atoms with E-state index in [0.717, 1.165) is 13.1 Å². The zero-order valence-electron chi connectivity index (χ0n) is 15.0. The van der Waals surface area contributed by atoms with E-state index in [4.69, 9.17) is 4.74 Å². The van der Waals surface area contributed by atoms with Crippen molar-refractivity contribution in [2.24, 2.45) is 0 Å². The van der Waals surface area contributed by atoms with Gasteiger partial charge in [-0.1, -0.05) is 19.9 Å². The van der Waals surface area contributed by atoms with Gasteiger partial charge in [-0.3, -0.25) is 4.79 Å². The quantitative estimate of drug-likeness (QED) is 0.856. The third-order valence-corrected chi connectivity index (χ3v) is 4.52. The molecule has 1 aliphatic heterocycles. The molecule has 1 amide bonds. The van der Waals surface area contributed by atoms with Crippen LogP contribution in [0.15, 0.2) is 36.7 Å². The fraction of sp³-hybridized carbons (Fsp3) is 0.421. The van der Waals surface area contributed by atoms with Crippen molar-refractivity contribution in [1.82, 2.24) is 14.9 Å². The Kier molecular flexibility index (Phi) is 5.16. The third kappa shape index (κ3) is 3.73. The highest BCUT2D eigenvalue weighted by Gasteiger charge is 2.25. The van der Waals surface area contributed by atoms with Gasteiger partial charge in [-0.05, 0) is 29.7 Å². The van der Waals surface area contributed by atoms with Crippen LogP contribution < -0.4 is 9.64 Å². The lowest BCUT2D eigenvalue weighted by Gasteiger charge is -2.34. The first-order chi connectivity index (χ1) is 12.1. The molecule has 0 spiro atoms. The molecule has 2 heterocycles. The predicted molar refractivity (Wildman–Crippen MR) is 97.2 cm³/mol. The number of amides is 1. The largest absolute Gasteiger partial charge is 0.496 e. The predicted octanol–water partition coefficient (Wildman–Crippen LogP) is 2.57. The number of methoxy groups -OCH3 is 1. The Morgan fingerprint density at radius 3 is 2.40 bits per heavy atom. The van der Waals surface area contributed by atoms with Crippen molar-refractivity contribution in [3.8, 4) is 5.75 Å². The van der Waals surface area contributed by atoms with E-state index in [1.54, 1.807) is 25.6 Å². The van der Waals surface area contributed by atoms with Crippen LogP contribution in [0.3, 0.4) is 0 Å². The number of piperazine rings is 1. The highest BCUT2D eigenvalue weighted by Crippen LogP contribution is 2.26. The molecule has 6 nitrogen and oxygen atoms in total. The summed E-state index contributed by atoms with van der Waals surface area (Å²) in [7, 11) is 1.61. The van der Waals surface area contributed by atoms with Crippen molar-refractivity contribution in [3.63, 3.8) is 0 Å². The monoisotopic (exact) mass is 340 g/mol. The fourth-order valence-electron chi connectivity index (χ4n) is 2.98. The van der Waals surface area contributed by atoms with E-state index in [2.05, 4.69) is 28.7 Å². The van der Waals surface area contributed by atoms with E-state index < -0.39 is 0 Å². The number of carbonyl (C=O) groups excluding carboxylic acids is 1. The minimum atomic E-state index is 0.0146. The smallest absolute Gasteiger partial charge is 0.257 e. The van der Waals surface area contributed by atoms with E-state index in [9.17, 15) is 4.79 Å². The highest BCUT2D eigenvalue weighted by molar-refractivity contribution is 5.97. The van der Waals surface area contributed by atoms with Crippen LogP contribution in [0, 0.1) is 0 Å². The van der Waals surface area contributed by atoms with E-state index in [1.165, 1.54) is 5.56 Å². The van der Waals surface area contributed by atoms with Crippen LogP contribution in [0.25, 0.3) is 0 Å². The molecular weight excluding hydrogens is 316 g/mol. The summed E-state index contributed by atoms with van der Waals surface area (Å²) in [5.74, 6) is 1.77. The molecule has 1 fully saturated rings. The number of aromatic nitrogens is 2. The van der Waals surface area contributed by atoms with Crippen LogP contribution in [-0.2, 0) is 0 Å². The molecule has 3 rings (SSSR count). The van der Waals surface area contributed by atoms with Crippen molar-refractivity contribution in [2.75, 3.05) is 38.2 Å². The van der Waals surface area contributed by atoms with E-state index in [0.29, 0.717) is 36.3 Å². The maximum absolute atomic E-state index is 12.9. The van der Waals surface area contributed by atoms with Crippen molar-refractivity contribution >= 4 is 11.9 Å². The Labute approximate surface area is 148 Å². The lowest BCUT2D eigenvalue weighted by Crippen LogP contribution is -2.49. The van der Waals surface area contributed by atoms with Gasteiger partial charge in [-0.25, -0.2) is 9.97 Å². The maximum Gasteiger partial charge on any atom is 0.257 e. The van der Waals surface area contributed by atoms with E-state index in [-0.39, 0.29) is 5.91 Å². The Morgan fingerprint density at radius 2 is 1.80 bits per heavy atom. The topological polar surface area (TPSA) is 58.6 Å². The average Bonchev–Trinajstić information content (AvgIpc) is 2.67. The molecule has 1 saturated heterocycles. The molecular formula is C19H24N4O2. The molecule has 2 aromatic rings. The third-order valence-electron chi connectivity index (χ3n) is 4.52. The molecule has 1 aromatic heterocycles. The number of carbonyl (C=O) groups is 1. The van der Waals surface area contributed by atoms with Gasteiger partial charge >= 0.3 is 0 Å². The molecule has 0 unspecified atom stereocenters. The minimum absolute atomic E-state index is 0.0146. The summed E-state index contributed by atoms with van der Waals surface area (Å²) >= 11 is 0. The summed E-state index contributed by atoms with van der Waals surface area (Å²) in [6.45, 7) is 6.99. The van der Waals surface area contributed by atoms with Gasteiger partial charge in [0.25, 0.3) is 5.91 Å². The molecule has 1 aromatic carbocycles. The first kappa shape index (κ1) is 17.2. The Bertz CT molecular complexity index is 725. The van der Waals surface area contributed by atoms with Crippen molar-refractivity contribution < 1.29 is 9.53 Å². The Hall–Kier alpha value is -2.63. The van der Waals surface area contributed by atoms with Gasteiger partial charge in [-0.2, -0.15) is 0 Å². The van der Waals surface area contributed by atoms with Crippen LogP contribution in [0.5, 0.6) is 5.75 Å². The van der Waals surface area contributed by atoms with Gasteiger partial charge < -0.3 is 14.5 Å². The number of hydrogen-bond donors (Lipinski definition) is 0. The Balaban J connectivity index is 1.70. The molecule has 0 bridgehead atoms. The average molecular weight is 340 g/mol. The summed E-state index contributed by atoms with van der Waals surface area (Å²) in [5.41, 5.74) is 1.79. The first-order valence-corrected chi connectivity index (χ1v) is 8.59. The van der Waals surface area contributed by atoms with Gasteiger partial charge in [0, 0.05) is 38.6 Å². The number of nitrogens with zero attached hydrogens (tertiary/aromatic N) is 4. The van der Waals surface area contributed by atoms with Crippen molar-refractivity contribution in [1.29, 1.82) is 0 Å². The van der Waals surface area contributed by atoms with Gasteiger partial charge in [0.15, 0.2) is 0 Å². The summed E-state index contributed by atoms with van der Waals surface area (Å²) < 4.78 is 5.46. The second-order valence-corrected chi connectivity index (χ2v) is 6.44. The summed E-state index contributed by atoms with van der Waals surface area (Å²) in [6.07, 6.45) is 3.47. The zero-order chi connectivity index (χ0) is 17.8. The molecule has 1 aliphatic rings. The number of rotatable bonds is 4. The van der Waals surface area contributed by atoms with Crippen LogP contribution >= 0.6 is 0 Å². The molecule has 132 valence electrons.